The Bertz CT molecular complexity index is 313. The largest absolute Gasteiger partial charge is 0.314 e. The van der Waals surface area contributed by atoms with Crippen LogP contribution in [0.4, 0.5) is 0 Å². The van der Waals surface area contributed by atoms with E-state index < -0.39 is 0 Å². The zero-order valence-corrected chi connectivity index (χ0v) is 12.4. The first-order chi connectivity index (χ1) is 8.11. The van der Waals surface area contributed by atoms with Crippen molar-refractivity contribution in [1.29, 1.82) is 0 Å². The predicted octanol–water partition coefficient (Wildman–Crippen LogP) is 3.86. The van der Waals surface area contributed by atoms with Gasteiger partial charge in [0, 0.05) is 11.1 Å². The van der Waals surface area contributed by atoms with Crippen LogP contribution in [0.15, 0.2) is 24.3 Å². The topological polar surface area (TPSA) is 12.0 Å². The van der Waals surface area contributed by atoms with Gasteiger partial charge in [-0.2, -0.15) is 11.8 Å². The van der Waals surface area contributed by atoms with Crippen LogP contribution in [-0.4, -0.2) is 24.6 Å². The lowest BCUT2D eigenvalue weighted by Crippen LogP contribution is -2.32. The number of benzene rings is 1. The van der Waals surface area contributed by atoms with E-state index in [0.29, 0.717) is 6.04 Å². The maximum absolute atomic E-state index is 5.87. The third-order valence-electron chi connectivity index (χ3n) is 2.72. The molecule has 1 aromatic carbocycles. The zero-order valence-electron chi connectivity index (χ0n) is 10.9. The molecule has 0 saturated heterocycles. The molecule has 17 heavy (non-hydrogen) atoms. The Balaban J connectivity index is 2.29. The van der Waals surface area contributed by atoms with Gasteiger partial charge in [-0.3, -0.25) is 0 Å². The summed E-state index contributed by atoms with van der Waals surface area (Å²) in [6.07, 6.45) is 3.22. The summed E-state index contributed by atoms with van der Waals surface area (Å²) >= 11 is 7.78. The summed E-state index contributed by atoms with van der Waals surface area (Å²) in [6.45, 7) is 5.62. The van der Waals surface area contributed by atoms with Crippen LogP contribution in [-0.2, 0) is 6.42 Å². The van der Waals surface area contributed by atoms with Gasteiger partial charge in [0.1, 0.15) is 0 Å². The van der Waals surface area contributed by atoms with Gasteiger partial charge >= 0.3 is 0 Å². The molecule has 0 aliphatic carbocycles. The van der Waals surface area contributed by atoms with Crippen molar-refractivity contribution in [2.75, 3.05) is 18.6 Å². The van der Waals surface area contributed by atoms with Gasteiger partial charge in [0.25, 0.3) is 0 Å². The van der Waals surface area contributed by atoms with E-state index in [9.17, 15) is 0 Å². The first-order valence-electron chi connectivity index (χ1n) is 6.08. The summed E-state index contributed by atoms with van der Waals surface area (Å²) in [7, 11) is 0. The molecule has 0 saturated carbocycles. The highest BCUT2D eigenvalue weighted by atomic mass is 35.5. The standard InChI is InChI=1S/C14H22ClNS/c1-11(10-17-3)9-16-12(2)8-13-4-6-14(15)7-5-13/h4-7,11-12,16H,8-10H2,1-3H3. The summed E-state index contributed by atoms with van der Waals surface area (Å²) in [4.78, 5) is 0. The van der Waals surface area contributed by atoms with Crippen LogP contribution in [0.5, 0.6) is 0 Å². The molecule has 0 aliphatic heterocycles. The summed E-state index contributed by atoms with van der Waals surface area (Å²) in [5.41, 5.74) is 1.34. The second-order valence-corrected chi connectivity index (χ2v) is 6.05. The van der Waals surface area contributed by atoms with E-state index in [-0.39, 0.29) is 0 Å². The normalized spacial score (nSPS) is 14.6. The summed E-state index contributed by atoms with van der Waals surface area (Å²) in [6, 6.07) is 8.64. The molecule has 0 spiro atoms. The van der Waals surface area contributed by atoms with Crippen molar-refractivity contribution in [1.82, 2.24) is 5.32 Å². The van der Waals surface area contributed by atoms with Gasteiger partial charge in [0.2, 0.25) is 0 Å². The van der Waals surface area contributed by atoms with Gasteiger partial charge in [-0.25, -0.2) is 0 Å². The Morgan fingerprint density at radius 3 is 2.47 bits per heavy atom. The molecule has 0 heterocycles. The molecule has 2 atom stereocenters. The Kier molecular flexibility index (Phi) is 7.02. The summed E-state index contributed by atoms with van der Waals surface area (Å²) in [5.74, 6) is 1.96. The second kappa shape index (κ2) is 8.02. The van der Waals surface area contributed by atoms with Crippen molar-refractivity contribution < 1.29 is 0 Å². The molecule has 1 aromatic rings. The van der Waals surface area contributed by atoms with Crippen molar-refractivity contribution >= 4 is 23.4 Å². The minimum Gasteiger partial charge on any atom is -0.314 e. The average molecular weight is 272 g/mol. The molecule has 1 nitrogen and oxygen atoms in total. The number of hydrogen-bond acceptors (Lipinski definition) is 2. The average Bonchev–Trinajstić information content (AvgIpc) is 2.30. The highest BCUT2D eigenvalue weighted by Gasteiger charge is 2.06. The minimum absolute atomic E-state index is 0.514. The van der Waals surface area contributed by atoms with Crippen molar-refractivity contribution in [3.8, 4) is 0 Å². The fraction of sp³-hybridized carbons (Fsp3) is 0.571. The van der Waals surface area contributed by atoms with E-state index in [1.54, 1.807) is 0 Å². The van der Waals surface area contributed by atoms with E-state index in [1.807, 2.05) is 23.9 Å². The van der Waals surface area contributed by atoms with Gasteiger partial charge in [-0.1, -0.05) is 30.7 Å². The lowest BCUT2D eigenvalue weighted by atomic mass is 10.1. The first-order valence-corrected chi connectivity index (χ1v) is 7.85. The lowest BCUT2D eigenvalue weighted by molar-refractivity contribution is 0.486. The minimum atomic E-state index is 0.514. The van der Waals surface area contributed by atoms with Crippen LogP contribution < -0.4 is 5.32 Å². The molecule has 1 rings (SSSR count). The van der Waals surface area contributed by atoms with Crippen LogP contribution >= 0.6 is 23.4 Å². The fourth-order valence-electron chi connectivity index (χ4n) is 1.79. The summed E-state index contributed by atoms with van der Waals surface area (Å²) in [5, 5.41) is 4.39. The molecule has 0 aromatic heterocycles. The summed E-state index contributed by atoms with van der Waals surface area (Å²) < 4.78 is 0. The third kappa shape index (κ3) is 6.35. The van der Waals surface area contributed by atoms with Crippen molar-refractivity contribution in [2.45, 2.75) is 26.3 Å². The Morgan fingerprint density at radius 1 is 1.24 bits per heavy atom. The number of nitrogens with one attached hydrogen (secondary N) is 1. The Hall–Kier alpha value is -0.180. The molecule has 3 heteroatoms. The monoisotopic (exact) mass is 271 g/mol. The molecule has 0 radical (unpaired) electrons. The van der Waals surface area contributed by atoms with Crippen molar-refractivity contribution in [2.24, 2.45) is 5.92 Å². The van der Waals surface area contributed by atoms with Gasteiger partial charge in [0.15, 0.2) is 0 Å². The van der Waals surface area contributed by atoms with E-state index in [0.717, 1.165) is 23.9 Å². The smallest absolute Gasteiger partial charge is 0.0406 e. The molecule has 0 bridgehead atoms. The SMILES string of the molecule is CSCC(C)CNC(C)Cc1ccc(Cl)cc1. The maximum Gasteiger partial charge on any atom is 0.0406 e. The number of thioether (sulfide) groups is 1. The Labute approximate surface area is 114 Å². The molecule has 0 aliphatic rings. The number of rotatable bonds is 7. The highest BCUT2D eigenvalue weighted by Crippen LogP contribution is 2.11. The van der Waals surface area contributed by atoms with E-state index in [1.165, 1.54) is 11.3 Å². The molecule has 0 fully saturated rings. The molecular formula is C14H22ClNS. The zero-order chi connectivity index (χ0) is 12.7. The van der Waals surface area contributed by atoms with Gasteiger partial charge < -0.3 is 5.32 Å². The van der Waals surface area contributed by atoms with Crippen LogP contribution in [0.2, 0.25) is 5.02 Å². The van der Waals surface area contributed by atoms with Gasteiger partial charge in [-0.05, 0) is 55.5 Å². The quantitative estimate of drug-likeness (QED) is 0.808. The predicted molar refractivity (Wildman–Crippen MR) is 80.2 cm³/mol. The molecule has 0 amide bonds. The second-order valence-electron chi connectivity index (χ2n) is 4.70. The molecular weight excluding hydrogens is 250 g/mol. The van der Waals surface area contributed by atoms with E-state index in [4.69, 9.17) is 11.6 Å². The highest BCUT2D eigenvalue weighted by molar-refractivity contribution is 7.98. The van der Waals surface area contributed by atoms with Crippen LogP contribution in [0, 0.1) is 5.92 Å². The Morgan fingerprint density at radius 2 is 1.88 bits per heavy atom. The van der Waals surface area contributed by atoms with E-state index in [2.05, 4.69) is 37.6 Å². The number of hydrogen-bond donors (Lipinski definition) is 1. The van der Waals surface area contributed by atoms with Crippen LogP contribution in [0.1, 0.15) is 19.4 Å². The number of halogens is 1. The van der Waals surface area contributed by atoms with Crippen LogP contribution in [0.3, 0.4) is 0 Å². The molecule has 1 N–H and O–H groups in total. The van der Waals surface area contributed by atoms with E-state index >= 15 is 0 Å². The first kappa shape index (κ1) is 14.9. The van der Waals surface area contributed by atoms with Gasteiger partial charge in [-0.15, -0.1) is 0 Å². The maximum atomic E-state index is 5.87. The fourth-order valence-corrected chi connectivity index (χ4v) is 2.60. The van der Waals surface area contributed by atoms with Crippen molar-refractivity contribution in [3.05, 3.63) is 34.9 Å². The molecule has 2 unspecified atom stereocenters. The lowest BCUT2D eigenvalue weighted by Gasteiger charge is -2.17. The van der Waals surface area contributed by atoms with Crippen LogP contribution in [0.25, 0.3) is 0 Å². The third-order valence-corrected chi connectivity index (χ3v) is 3.88. The van der Waals surface area contributed by atoms with Crippen molar-refractivity contribution in [3.63, 3.8) is 0 Å². The van der Waals surface area contributed by atoms with Gasteiger partial charge in [0.05, 0.1) is 0 Å². The molecule has 96 valence electrons.